The van der Waals surface area contributed by atoms with Crippen molar-refractivity contribution >= 4 is 5.91 Å². The number of aliphatic hydroxyl groups excluding tert-OH is 1. The zero-order chi connectivity index (χ0) is 22.0. The minimum absolute atomic E-state index is 0.189. The van der Waals surface area contributed by atoms with Gasteiger partial charge < -0.3 is 10.4 Å². The van der Waals surface area contributed by atoms with Gasteiger partial charge in [-0.2, -0.15) is 9.78 Å². The van der Waals surface area contributed by atoms with Gasteiger partial charge in [0.1, 0.15) is 11.3 Å². The van der Waals surface area contributed by atoms with Crippen LogP contribution in [0.2, 0.25) is 0 Å². The molecule has 1 aliphatic carbocycles. The predicted octanol–water partition coefficient (Wildman–Crippen LogP) is 2.27. The summed E-state index contributed by atoms with van der Waals surface area (Å²) < 4.78 is 26.7. The summed E-state index contributed by atoms with van der Waals surface area (Å²) in [5, 5.41) is 17.0. The van der Waals surface area contributed by atoms with Gasteiger partial charge >= 0.3 is 0 Å². The highest BCUT2D eigenvalue weighted by atomic mass is 19.3. The Morgan fingerprint density at radius 2 is 2.06 bits per heavy atom. The highest BCUT2D eigenvalue weighted by Gasteiger charge is 2.28. The number of aliphatic hydroxyl groups is 1. The first-order valence-corrected chi connectivity index (χ1v) is 9.72. The van der Waals surface area contributed by atoms with Crippen LogP contribution in [0.1, 0.15) is 41.7 Å². The van der Waals surface area contributed by atoms with Crippen molar-refractivity contribution in [3.05, 3.63) is 70.5 Å². The van der Waals surface area contributed by atoms with Crippen molar-refractivity contribution in [2.24, 2.45) is 0 Å². The molecule has 0 bridgehead atoms. The molecule has 1 aliphatic rings. The molecular formula is C21H19F2N5O3. The first-order valence-electron chi connectivity index (χ1n) is 9.72. The first-order chi connectivity index (χ1) is 14.9. The monoisotopic (exact) mass is 427 g/mol. The Hall–Kier alpha value is -3.53. The molecule has 1 fully saturated rings. The molecule has 2 unspecified atom stereocenters. The molecule has 0 saturated heterocycles. The van der Waals surface area contributed by atoms with E-state index in [-0.39, 0.29) is 11.3 Å². The number of carbonyl (C=O) groups excluding carboxylic acids is 1. The predicted molar refractivity (Wildman–Crippen MR) is 107 cm³/mol. The number of aromatic nitrogens is 4. The summed E-state index contributed by atoms with van der Waals surface area (Å²) in [6.45, 7) is 0. The number of rotatable bonds is 5. The maximum Gasteiger partial charge on any atom is 0.284 e. The Balaban J connectivity index is 1.79. The fraction of sp³-hybridized carbons (Fsp3) is 0.286. The number of alkyl halides is 2. The Bertz CT molecular complexity index is 1140. The molecule has 2 atom stereocenters. The second-order valence-corrected chi connectivity index (χ2v) is 7.22. The van der Waals surface area contributed by atoms with Crippen molar-refractivity contribution in [1.29, 1.82) is 0 Å². The quantitative estimate of drug-likeness (QED) is 0.647. The van der Waals surface area contributed by atoms with Crippen LogP contribution >= 0.6 is 0 Å². The van der Waals surface area contributed by atoms with Crippen molar-refractivity contribution in [3.8, 4) is 16.9 Å². The number of hydrogen-bond donors (Lipinski definition) is 2. The van der Waals surface area contributed by atoms with Crippen LogP contribution in [-0.2, 0) is 0 Å². The SMILES string of the molecule is O=C(NC1CCCC1O)c1cc(-c2ccc(C(F)F)nc2)nn(-c2cccnc2)c1=O. The lowest BCUT2D eigenvalue weighted by Gasteiger charge is -2.17. The van der Waals surface area contributed by atoms with Crippen LogP contribution in [-0.4, -0.2) is 42.9 Å². The molecule has 0 spiro atoms. The summed E-state index contributed by atoms with van der Waals surface area (Å²) in [4.78, 5) is 33.6. The second-order valence-electron chi connectivity index (χ2n) is 7.22. The van der Waals surface area contributed by atoms with Gasteiger partial charge in [-0.25, -0.2) is 8.78 Å². The van der Waals surface area contributed by atoms with E-state index in [4.69, 9.17) is 0 Å². The van der Waals surface area contributed by atoms with Crippen molar-refractivity contribution in [2.45, 2.75) is 37.8 Å². The molecule has 1 saturated carbocycles. The summed E-state index contributed by atoms with van der Waals surface area (Å²) in [7, 11) is 0. The zero-order valence-electron chi connectivity index (χ0n) is 16.3. The Kier molecular flexibility index (Phi) is 5.81. The fourth-order valence-corrected chi connectivity index (χ4v) is 3.49. The van der Waals surface area contributed by atoms with Crippen LogP contribution in [0.25, 0.3) is 16.9 Å². The van der Waals surface area contributed by atoms with E-state index in [1.165, 1.54) is 30.7 Å². The van der Waals surface area contributed by atoms with Crippen LogP contribution in [0.4, 0.5) is 8.78 Å². The van der Waals surface area contributed by atoms with E-state index in [1.54, 1.807) is 12.1 Å². The maximum atomic E-state index is 13.0. The van der Waals surface area contributed by atoms with Crippen LogP contribution in [0.3, 0.4) is 0 Å². The van der Waals surface area contributed by atoms with Crippen molar-refractivity contribution in [2.75, 3.05) is 0 Å². The summed E-state index contributed by atoms with van der Waals surface area (Å²) in [5.41, 5.74) is -0.352. The van der Waals surface area contributed by atoms with Gasteiger partial charge in [-0.15, -0.1) is 0 Å². The van der Waals surface area contributed by atoms with Gasteiger partial charge in [0.25, 0.3) is 17.9 Å². The fourth-order valence-electron chi connectivity index (χ4n) is 3.49. The Morgan fingerprint density at radius 3 is 2.68 bits per heavy atom. The highest BCUT2D eigenvalue weighted by molar-refractivity contribution is 5.95. The van der Waals surface area contributed by atoms with Crippen molar-refractivity contribution in [3.63, 3.8) is 0 Å². The molecule has 1 amide bonds. The number of pyridine rings is 2. The number of hydrogen-bond acceptors (Lipinski definition) is 6. The summed E-state index contributed by atoms with van der Waals surface area (Å²) in [5.74, 6) is -0.644. The van der Waals surface area contributed by atoms with Crippen LogP contribution in [0.15, 0.2) is 53.7 Å². The molecule has 4 rings (SSSR count). The largest absolute Gasteiger partial charge is 0.391 e. The summed E-state index contributed by atoms with van der Waals surface area (Å²) in [6, 6.07) is 6.63. The van der Waals surface area contributed by atoms with E-state index < -0.39 is 35.7 Å². The van der Waals surface area contributed by atoms with Crippen LogP contribution in [0.5, 0.6) is 0 Å². The van der Waals surface area contributed by atoms with Crippen LogP contribution in [0, 0.1) is 0 Å². The molecule has 3 heterocycles. The molecule has 8 nitrogen and oxygen atoms in total. The molecule has 160 valence electrons. The van der Waals surface area contributed by atoms with Gasteiger partial charge in [0.15, 0.2) is 0 Å². The van der Waals surface area contributed by atoms with Gasteiger partial charge in [0, 0.05) is 18.0 Å². The molecule has 3 aromatic heterocycles. The lowest BCUT2D eigenvalue weighted by molar-refractivity contribution is 0.0871. The summed E-state index contributed by atoms with van der Waals surface area (Å²) >= 11 is 0. The number of halogens is 2. The standard InChI is InChI=1S/C21H19F2N5O3/c22-19(23)16-7-6-12(10-25-16)17-9-14(20(30)26-15-4-1-5-18(15)29)21(31)28(27-17)13-3-2-8-24-11-13/h2-3,6-11,15,18-19,29H,1,4-5H2,(H,26,30). The zero-order valence-corrected chi connectivity index (χ0v) is 16.3. The number of amides is 1. The average Bonchev–Trinajstić information content (AvgIpc) is 3.18. The Labute approximate surface area is 175 Å². The minimum atomic E-state index is -2.72. The lowest BCUT2D eigenvalue weighted by Crippen LogP contribution is -2.42. The molecular weight excluding hydrogens is 408 g/mol. The maximum absolute atomic E-state index is 13.0. The van der Waals surface area contributed by atoms with Gasteiger partial charge in [-0.3, -0.25) is 19.6 Å². The first kappa shape index (κ1) is 20.7. The van der Waals surface area contributed by atoms with E-state index in [1.807, 2.05) is 0 Å². The van der Waals surface area contributed by atoms with Crippen molar-refractivity contribution in [1.82, 2.24) is 25.1 Å². The van der Waals surface area contributed by atoms with Gasteiger partial charge in [0.05, 0.1) is 29.7 Å². The summed E-state index contributed by atoms with van der Waals surface area (Å²) in [6.07, 6.45) is 2.73. The third-order valence-corrected chi connectivity index (χ3v) is 5.15. The van der Waals surface area contributed by atoms with E-state index in [0.29, 0.717) is 24.1 Å². The van der Waals surface area contributed by atoms with Gasteiger partial charge in [-0.05, 0) is 49.6 Å². The lowest BCUT2D eigenvalue weighted by atomic mass is 10.1. The minimum Gasteiger partial charge on any atom is -0.391 e. The number of nitrogens with one attached hydrogen (secondary N) is 1. The third-order valence-electron chi connectivity index (χ3n) is 5.15. The number of nitrogens with zero attached hydrogens (tertiary/aromatic N) is 4. The van der Waals surface area contributed by atoms with E-state index >= 15 is 0 Å². The van der Waals surface area contributed by atoms with E-state index in [2.05, 4.69) is 20.4 Å². The topological polar surface area (TPSA) is 110 Å². The molecule has 0 aromatic carbocycles. The normalized spacial score (nSPS) is 18.3. The van der Waals surface area contributed by atoms with E-state index in [9.17, 15) is 23.5 Å². The smallest absolute Gasteiger partial charge is 0.284 e. The van der Waals surface area contributed by atoms with Crippen LogP contribution < -0.4 is 10.9 Å². The highest BCUT2D eigenvalue weighted by Crippen LogP contribution is 2.22. The second kappa shape index (κ2) is 8.68. The third kappa shape index (κ3) is 4.33. The molecule has 0 radical (unpaired) electrons. The van der Waals surface area contributed by atoms with E-state index in [0.717, 1.165) is 17.2 Å². The molecule has 10 heteroatoms. The average molecular weight is 427 g/mol. The molecule has 2 N–H and O–H groups in total. The molecule has 31 heavy (non-hydrogen) atoms. The molecule has 0 aliphatic heterocycles. The van der Waals surface area contributed by atoms with Gasteiger partial charge in [0.2, 0.25) is 0 Å². The number of carbonyl (C=O) groups is 1. The molecule has 3 aromatic rings. The Morgan fingerprint density at radius 1 is 1.23 bits per heavy atom. The van der Waals surface area contributed by atoms with Crippen molar-refractivity contribution < 1.29 is 18.7 Å². The van der Waals surface area contributed by atoms with Gasteiger partial charge in [-0.1, -0.05) is 0 Å².